The van der Waals surface area contributed by atoms with Gasteiger partial charge in [0.25, 0.3) is 0 Å². The molecule has 3 aromatic carbocycles. The number of hydrogen-bond acceptors (Lipinski definition) is 6. The molecule has 0 saturated carbocycles. The van der Waals surface area contributed by atoms with E-state index in [1.165, 1.54) is 32.2 Å². The number of sulfonamides is 1. The van der Waals surface area contributed by atoms with Crippen molar-refractivity contribution in [1.29, 1.82) is 0 Å². The monoisotopic (exact) mass is 553 g/mol. The highest BCUT2D eigenvalue weighted by atomic mass is 32.2. The molecule has 3 aromatic rings. The maximum absolute atomic E-state index is 14.0. The third-order valence-electron chi connectivity index (χ3n) is 6.33. The maximum Gasteiger partial charge on any atom is 0.244 e. The lowest BCUT2D eigenvalue weighted by atomic mass is 10.0. The van der Waals surface area contributed by atoms with Crippen molar-refractivity contribution in [3.05, 3.63) is 89.5 Å². The molecule has 1 atom stereocenters. The molecular weight excluding hydrogens is 518 g/mol. The molecule has 0 heterocycles. The lowest BCUT2D eigenvalue weighted by Gasteiger charge is -2.33. The second-order valence-electron chi connectivity index (χ2n) is 9.14. The summed E-state index contributed by atoms with van der Waals surface area (Å²) in [5.41, 5.74) is 2.97. The van der Waals surface area contributed by atoms with Crippen molar-refractivity contribution in [1.82, 2.24) is 10.2 Å². The zero-order valence-electron chi connectivity index (χ0n) is 22.9. The minimum atomic E-state index is -3.89. The van der Waals surface area contributed by atoms with E-state index in [9.17, 15) is 18.0 Å². The van der Waals surface area contributed by atoms with Crippen LogP contribution in [-0.4, -0.2) is 65.2 Å². The number of benzene rings is 3. The second kappa shape index (κ2) is 13.1. The molecule has 39 heavy (non-hydrogen) atoms. The summed E-state index contributed by atoms with van der Waals surface area (Å²) in [7, 11) is 0.543. The zero-order chi connectivity index (χ0) is 28.6. The normalized spacial score (nSPS) is 11.8. The van der Waals surface area contributed by atoms with E-state index in [4.69, 9.17) is 9.47 Å². The van der Waals surface area contributed by atoms with E-state index in [0.717, 1.165) is 27.3 Å². The number of amides is 2. The lowest BCUT2D eigenvalue weighted by molar-refractivity contribution is -0.139. The summed E-state index contributed by atoms with van der Waals surface area (Å²) >= 11 is 0. The molecule has 0 aromatic heterocycles. The van der Waals surface area contributed by atoms with Crippen molar-refractivity contribution in [2.24, 2.45) is 0 Å². The first-order chi connectivity index (χ1) is 18.6. The molecule has 2 amide bonds. The summed E-state index contributed by atoms with van der Waals surface area (Å²) in [6.07, 6.45) is 1.29. The Morgan fingerprint density at radius 1 is 0.897 bits per heavy atom. The quantitative estimate of drug-likeness (QED) is 0.370. The molecule has 0 spiro atoms. The summed E-state index contributed by atoms with van der Waals surface area (Å²) in [5, 5.41) is 2.66. The predicted octanol–water partition coefficient (Wildman–Crippen LogP) is 3.16. The number of ether oxygens (including phenoxy) is 2. The van der Waals surface area contributed by atoms with Crippen LogP contribution in [-0.2, 0) is 32.6 Å². The number of nitrogens with zero attached hydrogens (tertiary/aromatic N) is 2. The Labute approximate surface area is 230 Å². The van der Waals surface area contributed by atoms with Gasteiger partial charge in [-0.3, -0.25) is 13.9 Å². The van der Waals surface area contributed by atoms with Crippen molar-refractivity contribution in [3.8, 4) is 11.5 Å². The van der Waals surface area contributed by atoms with Gasteiger partial charge in [0.1, 0.15) is 12.6 Å². The van der Waals surface area contributed by atoms with Crippen molar-refractivity contribution < 1.29 is 27.5 Å². The topological polar surface area (TPSA) is 105 Å². The largest absolute Gasteiger partial charge is 0.493 e. The average molecular weight is 554 g/mol. The first kappa shape index (κ1) is 29.5. The van der Waals surface area contributed by atoms with Crippen LogP contribution < -0.4 is 19.1 Å². The third kappa shape index (κ3) is 7.73. The Hall–Kier alpha value is -4.05. The van der Waals surface area contributed by atoms with Gasteiger partial charge in [-0.2, -0.15) is 0 Å². The first-order valence-electron chi connectivity index (χ1n) is 12.4. The van der Waals surface area contributed by atoms with E-state index in [1.54, 1.807) is 12.1 Å². The highest BCUT2D eigenvalue weighted by Crippen LogP contribution is 2.32. The van der Waals surface area contributed by atoms with Crippen molar-refractivity contribution in [3.63, 3.8) is 0 Å². The number of aryl methyl sites for hydroxylation is 1. The van der Waals surface area contributed by atoms with Gasteiger partial charge in [0.2, 0.25) is 21.8 Å². The highest BCUT2D eigenvalue weighted by molar-refractivity contribution is 7.92. The fourth-order valence-corrected chi connectivity index (χ4v) is 5.05. The van der Waals surface area contributed by atoms with Gasteiger partial charge < -0.3 is 19.7 Å². The number of carbonyl (C=O) groups excluding carboxylic acids is 2. The van der Waals surface area contributed by atoms with Crippen LogP contribution in [0.25, 0.3) is 0 Å². The van der Waals surface area contributed by atoms with E-state index in [0.29, 0.717) is 11.5 Å². The molecule has 0 fully saturated rings. The first-order valence-corrected chi connectivity index (χ1v) is 14.2. The van der Waals surface area contributed by atoms with Crippen molar-refractivity contribution >= 4 is 27.5 Å². The number of methoxy groups -OCH3 is 2. The number of carbonyl (C=O) groups is 2. The van der Waals surface area contributed by atoms with Gasteiger partial charge in [-0.15, -0.1) is 0 Å². The van der Waals surface area contributed by atoms with Gasteiger partial charge >= 0.3 is 0 Å². The van der Waals surface area contributed by atoms with E-state index >= 15 is 0 Å². The Bertz CT molecular complexity index is 1380. The maximum atomic E-state index is 14.0. The molecule has 0 bridgehead atoms. The van der Waals surface area contributed by atoms with Crippen LogP contribution in [0.15, 0.2) is 72.8 Å². The fraction of sp³-hybridized carbons (Fsp3) is 0.310. The standard InChI is InChI=1S/C29H35N3O6S/c1-21-11-13-23(14-12-21)19-31(25(29(34)30-2)17-22-9-7-6-8-10-22)28(33)20-32(39(5,35)36)24-15-16-26(37-3)27(18-24)38-4/h6-16,18,25H,17,19-20H2,1-5H3,(H,30,34)/t25-/m0/s1. The summed E-state index contributed by atoms with van der Waals surface area (Å²) in [6.45, 7) is 1.57. The lowest BCUT2D eigenvalue weighted by Crippen LogP contribution is -2.52. The Balaban J connectivity index is 2.04. The predicted molar refractivity (Wildman–Crippen MR) is 151 cm³/mol. The van der Waals surface area contributed by atoms with Crippen LogP contribution >= 0.6 is 0 Å². The minimum Gasteiger partial charge on any atom is -0.493 e. The number of anilines is 1. The summed E-state index contributed by atoms with van der Waals surface area (Å²) < 4.78 is 37.4. The zero-order valence-corrected chi connectivity index (χ0v) is 23.7. The summed E-state index contributed by atoms with van der Waals surface area (Å²) in [4.78, 5) is 28.5. The molecule has 0 saturated heterocycles. The van der Waals surface area contributed by atoms with Crippen LogP contribution in [0.1, 0.15) is 16.7 Å². The van der Waals surface area contributed by atoms with E-state index in [-0.39, 0.29) is 24.6 Å². The average Bonchev–Trinajstić information content (AvgIpc) is 2.93. The molecule has 0 aliphatic rings. The molecule has 1 N–H and O–H groups in total. The summed E-state index contributed by atoms with van der Waals surface area (Å²) in [6, 6.07) is 20.8. The van der Waals surface area contributed by atoms with Crippen molar-refractivity contribution in [2.45, 2.75) is 25.9 Å². The van der Waals surface area contributed by atoms with Crippen LogP contribution in [0.2, 0.25) is 0 Å². The van der Waals surface area contributed by atoms with Crippen LogP contribution in [0.5, 0.6) is 11.5 Å². The van der Waals surface area contributed by atoms with Crippen LogP contribution in [0.3, 0.4) is 0 Å². The van der Waals surface area contributed by atoms with Gasteiger partial charge in [0.05, 0.1) is 26.2 Å². The molecular formula is C29H35N3O6S. The minimum absolute atomic E-state index is 0.119. The van der Waals surface area contributed by atoms with Gasteiger partial charge in [-0.25, -0.2) is 8.42 Å². The number of rotatable bonds is 12. The SMILES string of the molecule is CNC(=O)[C@H](Cc1ccccc1)N(Cc1ccc(C)cc1)C(=O)CN(c1ccc(OC)c(OC)c1)S(C)(=O)=O. The molecule has 0 unspecified atom stereocenters. The Kier molecular flexibility index (Phi) is 9.95. The number of likely N-dealkylation sites (N-methyl/N-ethyl adjacent to an activating group) is 1. The van der Waals surface area contributed by atoms with Gasteiger partial charge in [0.15, 0.2) is 11.5 Å². The molecule has 9 nitrogen and oxygen atoms in total. The Morgan fingerprint density at radius 2 is 1.54 bits per heavy atom. The Morgan fingerprint density at radius 3 is 2.10 bits per heavy atom. The molecule has 10 heteroatoms. The van der Waals surface area contributed by atoms with E-state index in [1.807, 2.05) is 61.5 Å². The molecule has 0 aliphatic heterocycles. The number of hydrogen-bond donors (Lipinski definition) is 1. The van der Waals surface area contributed by atoms with E-state index < -0.39 is 28.5 Å². The van der Waals surface area contributed by atoms with Gasteiger partial charge in [-0.1, -0.05) is 60.2 Å². The smallest absolute Gasteiger partial charge is 0.244 e. The van der Waals surface area contributed by atoms with Gasteiger partial charge in [0, 0.05) is 26.1 Å². The third-order valence-corrected chi connectivity index (χ3v) is 7.47. The van der Waals surface area contributed by atoms with Gasteiger partial charge in [-0.05, 0) is 30.2 Å². The van der Waals surface area contributed by atoms with Crippen molar-refractivity contribution in [2.75, 3.05) is 38.4 Å². The van der Waals surface area contributed by atoms with E-state index in [2.05, 4.69) is 5.32 Å². The molecule has 3 rings (SSSR count). The van der Waals surface area contributed by atoms with Crippen LogP contribution in [0, 0.1) is 6.92 Å². The van der Waals surface area contributed by atoms with Crippen LogP contribution in [0.4, 0.5) is 5.69 Å². The molecule has 0 aliphatic carbocycles. The molecule has 0 radical (unpaired) electrons. The molecule has 208 valence electrons. The fourth-order valence-electron chi connectivity index (χ4n) is 4.20. The second-order valence-corrected chi connectivity index (χ2v) is 11.0. The highest BCUT2D eigenvalue weighted by Gasteiger charge is 2.32. The number of nitrogens with one attached hydrogen (secondary N) is 1. The summed E-state index contributed by atoms with van der Waals surface area (Å²) in [5.74, 6) is -0.138.